The minimum absolute atomic E-state index is 0.221. The fourth-order valence-electron chi connectivity index (χ4n) is 3.90. The van der Waals surface area contributed by atoms with Crippen molar-refractivity contribution < 1.29 is 9.90 Å². The third-order valence-electron chi connectivity index (χ3n) is 5.26. The number of aromatic nitrogens is 4. The van der Waals surface area contributed by atoms with E-state index in [0.29, 0.717) is 34.1 Å². The zero-order valence-corrected chi connectivity index (χ0v) is 18.1. The lowest BCUT2D eigenvalue weighted by molar-refractivity contribution is 0.100. The van der Waals surface area contributed by atoms with E-state index in [1.807, 2.05) is 36.1 Å². The molecule has 0 radical (unpaired) electrons. The quantitative estimate of drug-likeness (QED) is 0.460. The number of carbonyl (C=O) groups excluding carboxylic acids is 1. The minimum atomic E-state index is -0.616. The summed E-state index contributed by atoms with van der Waals surface area (Å²) in [6.07, 6.45) is 1.30. The van der Waals surface area contributed by atoms with Gasteiger partial charge in [-0.1, -0.05) is 17.7 Å². The van der Waals surface area contributed by atoms with Gasteiger partial charge in [0.15, 0.2) is 5.65 Å². The average Bonchev–Trinajstić information content (AvgIpc) is 2.99. The van der Waals surface area contributed by atoms with E-state index in [-0.39, 0.29) is 5.56 Å². The van der Waals surface area contributed by atoms with E-state index in [1.54, 1.807) is 10.7 Å². The summed E-state index contributed by atoms with van der Waals surface area (Å²) in [7, 11) is 0. The molecule has 1 saturated heterocycles. The fourth-order valence-corrected chi connectivity index (χ4v) is 4.60. The van der Waals surface area contributed by atoms with Gasteiger partial charge in [-0.25, -0.2) is 4.98 Å². The Balaban J connectivity index is 1.88. The van der Waals surface area contributed by atoms with Crippen molar-refractivity contribution in [2.45, 2.75) is 13.0 Å². The Bertz CT molecular complexity index is 1350. The van der Waals surface area contributed by atoms with Crippen molar-refractivity contribution in [1.82, 2.24) is 19.6 Å². The lowest BCUT2D eigenvalue weighted by atomic mass is 9.98. The standard InChI is InChI=1S/C20H16BrClN6O2/c1-9-15(13-4-5-24-14-6-10(22)2-3-12(13)14)20(27-7-11(29)8-27)28-19(25-9)16(18(23)30)17(21)26-28/h2-6,11,29H,7-8H2,1H3,(H2,23,30). The van der Waals surface area contributed by atoms with Gasteiger partial charge in [-0.3, -0.25) is 9.78 Å². The highest BCUT2D eigenvalue weighted by Crippen LogP contribution is 2.40. The zero-order chi connectivity index (χ0) is 21.2. The summed E-state index contributed by atoms with van der Waals surface area (Å²) in [5, 5.41) is 15.9. The summed E-state index contributed by atoms with van der Waals surface area (Å²) >= 11 is 9.49. The van der Waals surface area contributed by atoms with Crippen LogP contribution in [-0.2, 0) is 0 Å². The highest BCUT2D eigenvalue weighted by atomic mass is 79.9. The number of amides is 1. The highest BCUT2D eigenvalue weighted by Gasteiger charge is 2.32. The predicted molar refractivity (Wildman–Crippen MR) is 118 cm³/mol. The number of anilines is 1. The second-order valence-corrected chi connectivity index (χ2v) is 8.43. The molecular formula is C20H16BrClN6O2. The maximum Gasteiger partial charge on any atom is 0.255 e. The summed E-state index contributed by atoms with van der Waals surface area (Å²) in [6.45, 7) is 2.77. The van der Waals surface area contributed by atoms with Gasteiger partial charge < -0.3 is 15.7 Å². The van der Waals surface area contributed by atoms with Crippen molar-refractivity contribution in [2.75, 3.05) is 18.0 Å². The number of fused-ring (bicyclic) bond motifs is 2. The molecule has 0 spiro atoms. The normalized spacial score (nSPS) is 14.5. The number of aryl methyl sites for hydroxylation is 1. The first-order valence-corrected chi connectivity index (χ1v) is 10.4. The monoisotopic (exact) mass is 486 g/mol. The van der Waals surface area contributed by atoms with Gasteiger partial charge in [0, 0.05) is 35.3 Å². The number of hydrogen-bond acceptors (Lipinski definition) is 6. The van der Waals surface area contributed by atoms with Gasteiger partial charge in [0.2, 0.25) is 0 Å². The Morgan fingerprint density at radius 2 is 2.10 bits per heavy atom. The van der Waals surface area contributed by atoms with Crippen LogP contribution < -0.4 is 10.6 Å². The number of aliphatic hydroxyl groups is 1. The summed E-state index contributed by atoms with van der Waals surface area (Å²) in [5.74, 6) is 0.119. The topological polar surface area (TPSA) is 110 Å². The Hall–Kier alpha value is -2.75. The molecule has 3 aromatic heterocycles. The third kappa shape index (κ3) is 2.84. The molecule has 0 unspecified atom stereocenters. The van der Waals surface area contributed by atoms with Gasteiger partial charge in [-0.15, -0.1) is 0 Å². The number of pyridine rings is 1. The van der Waals surface area contributed by atoms with Gasteiger partial charge in [0.05, 0.1) is 17.3 Å². The molecule has 152 valence electrons. The predicted octanol–water partition coefficient (Wildman–Crippen LogP) is 2.95. The maximum absolute atomic E-state index is 12.0. The number of β-amino-alcohol motifs (C(OH)–C–C–N with tert-alkyl or cyclic N) is 1. The zero-order valence-electron chi connectivity index (χ0n) is 15.8. The molecule has 3 N–H and O–H groups in total. The van der Waals surface area contributed by atoms with E-state index < -0.39 is 12.0 Å². The number of nitrogens with two attached hydrogens (primary N) is 1. The van der Waals surface area contributed by atoms with Crippen LogP contribution in [0.25, 0.3) is 27.7 Å². The molecule has 1 aliphatic rings. The Morgan fingerprint density at radius 3 is 2.80 bits per heavy atom. The van der Waals surface area contributed by atoms with Crippen LogP contribution in [0.1, 0.15) is 16.1 Å². The van der Waals surface area contributed by atoms with Crippen LogP contribution in [0.5, 0.6) is 0 Å². The van der Waals surface area contributed by atoms with Crippen molar-refractivity contribution in [3.05, 3.63) is 51.3 Å². The summed E-state index contributed by atoms with van der Waals surface area (Å²) < 4.78 is 1.94. The molecule has 0 saturated carbocycles. The van der Waals surface area contributed by atoms with Gasteiger partial charge in [0.1, 0.15) is 16.0 Å². The summed E-state index contributed by atoms with van der Waals surface area (Å²) in [6, 6.07) is 7.47. The van der Waals surface area contributed by atoms with Crippen molar-refractivity contribution in [3.63, 3.8) is 0 Å². The first-order valence-electron chi connectivity index (χ1n) is 9.21. The lowest BCUT2D eigenvalue weighted by Crippen LogP contribution is -2.51. The van der Waals surface area contributed by atoms with Gasteiger partial charge in [-0.05, 0) is 46.6 Å². The van der Waals surface area contributed by atoms with Crippen LogP contribution in [0.15, 0.2) is 35.1 Å². The van der Waals surface area contributed by atoms with Gasteiger partial charge in [-0.2, -0.15) is 9.61 Å². The van der Waals surface area contributed by atoms with Crippen LogP contribution >= 0.6 is 27.5 Å². The second-order valence-electron chi connectivity index (χ2n) is 7.24. The summed E-state index contributed by atoms with van der Waals surface area (Å²) in [5.41, 5.74) is 9.38. The number of rotatable bonds is 3. The first kappa shape index (κ1) is 19.2. The Morgan fingerprint density at radius 1 is 1.33 bits per heavy atom. The smallest absolute Gasteiger partial charge is 0.255 e. The fraction of sp³-hybridized carbons (Fsp3) is 0.200. The number of nitrogens with zero attached hydrogens (tertiary/aromatic N) is 5. The lowest BCUT2D eigenvalue weighted by Gasteiger charge is -2.39. The molecule has 4 heterocycles. The van der Waals surface area contributed by atoms with E-state index in [0.717, 1.165) is 27.8 Å². The van der Waals surface area contributed by atoms with Crippen molar-refractivity contribution in [3.8, 4) is 11.1 Å². The number of carbonyl (C=O) groups is 1. The average molecular weight is 488 g/mol. The van der Waals surface area contributed by atoms with Crippen molar-refractivity contribution in [1.29, 1.82) is 0 Å². The molecule has 1 aliphatic heterocycles. The molecule has 0 aliphatic carbocycles. The van der Waals surface area contributed by atoms with Crippen LogP contribution in [-0.4, -0.2) is 49.8 Å². The van der Waals surface area contributed by atoms with Crippen LogP contribution in [0, 0.1) is 6.92 Å². The molecule has 0 bridgehead atoms. The molecular weight excluding hydrogens is 472 g/mol. The number of benzene rings is 1. The molecule has 4 aromatic rings. The highest BCUT2D eigenvalue weighted by molar-refractivity contribution is 9.10. The molecule has 5 rings (SSSR count). The van der Waals surface area contributed by atoms with Crippen molar-refractivity contribution >= 4 is 55.8 Å². The largest absolute Gasteiger partial charge is 0.389 e. The molecule has 30 heavy (non-hydrogen) atoms. The van der Waals surface area contributed by atoms with E-state index in [9.17, 15) is 9.90 Å². The molecule has 1 amide bonds. The molecule has 8 nitrogen and oxygen atoms in total. The van der Waals surface area contributed by atoms with Crippen LogP contribution in [0.3, 0.4) is 0 Å². The first-order chi connectivity index (χ1) is 14.3. The summed E-state index contributed by atoms with van der Waals surface area (Å²) in [4.78, 5) is 23.1. The second kappa shape index (κ2) is 6.90. The minimum Gasteiger partial charge on any atom is -0.389 e. The van der Waals surface area contributed by atoms with E-state index in [1.165, 1.54) is 0 Å². The molecule has 10 heteroatoms. The van der Waals surface area contributed by atoms with Crippen LogP contribution in [0.4, 0.5) is 5.82 Å². The van der Waals surface area contributed by atoms with Crippen molar-refractivity contribution in [2.24, 2.45) is 5.73 Å². The molecule has 1 aromatic carbocycles. The van der Waals surface area contributed by atoms with Gasteiger partial charge >= 0.3 is 0 Å². The number of hydrogen-bond donors (Lipinski definition) is 2. The van der Waals surface area contributed by atoms with Gasteiger partial charge in [0.25, 0.3) is 5.91 Å². The Labute approximate surface area is 184 Å². The Kier molecular flexibility index (Phi) is 4.42. The van der Waals surface area contributed by atoms with E-state index in [2.05, 4.69) is 31.0 Å². The number of aliphatic hydroxyl groups excluding tert-OH is 1. The molecule has 1 fully saturated rings. The van der Waals surface area contributed by atoms with E-state index in [4.69, 9.17) is 17.3 Å². The number of primary amides is 1. The third-order valence-corrected chi connectivity index (χ3v) is 6.05. The maximum atomic E-state index is 12.0. The number of halogens is 2. The molecule has 0 atom stereocenters. The van der Waals surface area contributed by atoms with E-state index >= 15 is 0 Å². The SMILES string of the molecule is Cc1nc2c(C(N)=O)c(Br)nn2c(N2CC(O)C2)c1-c1ccnc2cc(Cl)ccc12. The van der Waals surface area contributed by atoms with Crippen LogP contribution in [0.2, 0.25) is 5.02 Å².